The summed E-state index contributed by atoms with van der Waals surface area (Å²) in [6.45, 7) is 5.96. The summed E-state index contributed by atoms with van der Waals surface area (Å²) in [5.41, 5.74) is 4.18. The minimum atomic E-state index is -0.786. The Morgan fingerprint density at radius 2 is 1.81 bits per heavy atom. The van der Waals surface area contributed by atoms with Crippen LogP contribution in [-0.4, -0.2) is 24.5 Å². The van der Waals surface area contributed by atoms with Crippen LogP contribution in [0.2, 0.25) is 0 Å². The second-order valence-electron chi connectivity index (χ2n) is 8.40. The maximum atomic E-state index is 13.7. The Kier molecular flexibility index (Phi) is 7.53. The Balaban J connectivity index is 1.74. The molecule has 0 aliphatic carbocycles. The van der Waals surface area contributed by atoms with Crippen LogP contribution in [-0.2, 0) is 16.0 Å². The van der Waals surface area contributed by atoms with E-state index < -0.39 is 17.8 Å². The van der Waals surface area contributed by atoms with Gasteiger partial charge in [-0.1, -0.05) is 24.3 Å². The number of aryl methyl sites for hydroxylation is 1. The SMILES string of the molecule is CCOc1cc(/C=C2\C(=O)NC(=O)N(c3cccc(C)c3C)C2=O)cc(I)c1Cc1cccc(F)c1. The summed E-state index contributed by atoms with van der Waals surface area (Å²) >= 11 is 2.16. The van der Waals surface area contributed by atoms with Crippen LogP contribution < -0.4 is 15.0 Å². The van der Waals surface area contributed by atoms with Gasteiger partial charge in [0, 0.05) is 15.6 Å². The highest BCUT2D eigenvalue weighted by atomic mass is 127. The molecular weight excluding hydrogens is 574 g/mol. The summed E-state index contributed by atoms with van der Waals surface area (Å²) in [6, 6.07) is 14.5. The number of rotatable bonds is 6. The van der Waals surface area contributed by atoms with Crippen LogP contribution >= 0.6 is 22.6 Å². The minimum Gasteiger partial charge on any atom is -0.494 e. The first-order valence-electron chi connectivity index (χ1n) is 11.4. The molecule has 3 aromatic carbocycles. The molecule has 1 N–H and O–H groups in total. The number of hydrogen-bond acceptors (Lipinski definition) is 4. The topological polar surface area (TPSA) is 75.7 Å². The number of carbonyl (C=O) groups excluding carboxylic acids is 3. The van der Waals surface area contributed by atoms with Gasteiger partial charge < -0.3 is 4.74 Å². The van der Waals surface area contributed by atoms with Crippen molar-refractivity contribution in [2.45, 2.75) is 27.2 Å². The number of carbonyl (C=O) groups is 3. The first kappa shape index (κ1) is 25.6. The number of ether oxygens (including phenoxy) is 1. The van der Waals surface area contributed by atoms with Crippen LogP contribution in [0.5, 0.6) is 5.75 Å². The van der Waals surface area contributed by atoms with Crippen LogP contribution in [0.3, 0.4) is 0 Å². The monoisotopic (exact) mass is 598 g/mol. The summed E-state index contributed by atoms with van der Waals surface area (Å²) < 4.78 is 20.4. The molecule has 1 fully saturated rings. The van der Waals surface area contributed by atoms with Crippen molar-refractivity contribution in [3.05, 3.63) is 97.4 Å². The Labute approximate surface area is 222 Å². The first-order chi connectivity index (χ1) is 17.2. The second kappa shape index (κ2) is 10.6. The number of imide groups is 2. The van der Waals surface area contributed by atoms with Crippen LogP contribution in [0.25, 0.3) is 6.08 Å². The number of benzene rings is 3. The maximum absolute atomic E-state index is 13.7. The summed E-state index contributed by atoms with van der Waals surface area (Å²) in [6.07, 6.45) is 1.91. The van der Waals surface area contributed by atoms with Gasteiger partial charge in [-0.15, -0.1) is 0 Å². The van der Waals surface area contributed by atoms with Gasteiger partial charge in [-0.3, -0.25) is 14.9 Å². The van der Waals surface area contributed by atoms with Gasteiger partial charge in [0.15, 0.2) is 0 Å². The zero-order chi connectivity index (χ0) is 26.0. The van der Waals surface area contributed by atoms with Crippen molar-refractivity contribution >= 4 is 52.2 Å². The first-order valence-corrected chi connectivity index (χ1v) is 12.4. The Hall–Kier alpha value is -3.53. The van der Waals surface area contributed by atoms with Crippen LogP contribution in [0.4, 0.5) is 14.9 Å². The van der Waals surface area contributed by atoms with E-state index in [2.05, 4.69) is 27.9 Å². The van der Waals surface area contributed by atoms with Crippen molar-refractivity contribution in [3.8, 4) is 5.75 Å². The summed E-state index contributed by atoms with van der Waals surface area (Å²) in [7, 11) is 0. The molecule has 1 heterocycles. The fourth-order valence-electron chi connectivity index (χ4n) is 4.04. The van der Waals surface area contributed by atoms with Gasteiger partial charge in [0.2, 0.25) is 0 Å². The molecule has 6 nitrogen and oxygen atoms in total. The molecule has 3 aromatic rings. The van der Waals surface area contributed by atoms with Crippen LogP contribution in [0, 0.1) is 23.2 Å². The molecule has 0 spiro atoms. The van der Waals surface area contributed by atoms with E-state index >= 15 is 0 Å². The lowest BCUT2D eigenvalue weighted by Gasteiger charge is -2.28. The highest BCUT2D eigenvalue weighted by Gasteiger charge is 2.37. The van der Waals surface area contributed by atoms with Gasteiger partial charge in [0.05, 0.1) is 12.3 Å². The minimum absolute atomic E-state index is 0.161. The van der Waals surface area contributed by atoms with Crippen molar-refractivity contribution in [2.75, 3.05) is 11.5 Å². The lowest BCUT2D eigenvalue weighted by molar-refractivity contribution is -0.122. The Bertz CT molecular complexity index is 1420. The molecule has 4 amide bonds. The smallest absolute Gasteiger partial charge is 0.335 e. The summed E-state index contributed by atoms with van der Waals surface area (Å²) in [5.74, 6) is -1.20. The third-order valence-electron chi connectivity index (χ3n) is 5.98. The molecule has 0 saturated carbocycles. The van der Waals surface area contributed by atoms with E-state index in [9.17, 15) is 18.8 Å². The van der Waals surface area contributed by atoms with E-state index in [1.165, 1.54) is 18.2 Å². The number of barbiturate groups is 1. The van der Waals surface area contributed by atoms with Gasteiger partial charge in [-0.25, -0.2) is 14.1 Å². The van der Waals surface area contributed by atoms with Gasteiger partial charge in [0.1, 0.15) is 17.1 Å². The largest absolute Gasteiger partial charge is 0.494 e. The molecule has 4 rings (SSSR count). The normalized spacial score (nSPS) is 14.9. The predicted octanol–water partition coefficient (Wildman–Crippen LogP) is 5.70. The number of nitrogens with zero attached hydrogens (tertiary/aromatic N) is 1. The molecular formula is C28H24FIN2O4. The Morgan fingerprint density at radius 1 is 1.06 bits per heavy atom. The Morgan fingerprint density at radius 3 is 2.53 bits per heavy atom. The molecule has 36 heavy (non-hydrogen) atoms. The zero-order valence-corrected chi connectivity index (χ0v) is 22.2. The molecule has 0 bridgehead atoms. The summed E-state index contributed by atoms with van der Waals surface area (Å²) in [4.78, 5) is 39.6. The van der Waals surface area contributed by atoms with Crippen LogP contribution in [0.1, 0.15) is 34.7 Å². The molecule has 0 unspecified atom stereocenters. The molecule has 184 valence electrons. The standard InChI is InChI=1S/C28H24FIN2O4/c1-4-36-25-15-19(14-23(30)21(25)12-18-8-6-9-20(29)11-18)13-22-26(33)31-28(35)32(27(22)34)24-10-5-7-16(2)17(24)3/h5-11,13-15H,4,12H2,1-3H3,(H,31,33,35)/b22-13+. The second-order valence-corrected chi connectivity index (χ2v) is 9.56. The predicted molar refractivity (Wildman–Crippen MR) is 144 cm³/mol. The maximum Gasteiger partial charge on any atom is 0.335 e. The number of hydrogen-bond donors (Lipinski definition) is 1. The molecule has 1 aliphatic heterocycles. The van der Waals surface area contributed by atoms with Crippen molar-refractivity contribution in [3.63, 3.8) is 0 Å². The van der Waals surface area contributed by atoms with Gasteiger partial charge in [-0.2, -0.15) is 0 Å². The van der Waals surface area contributed by atoms with E-state index in [-0.39, 0.29) is 11.4 Å². The van der Waals surface area contributed by atoms with Gasteiger partial charge in [0.25, 0.3) is 11.8 Å². The zero-order valence-electron chi connectivity index (χ0n) is 20.0. The van der Waals surface area contributed by atoms with E-state index in [4.69, 9.17) is 4.74 Å². The quantitative estimate of drug-likeness (QED) is 0.225. The van der Waals surface area contributed by atoms with Crippen LogP contribution in [0.15, 0.2) is 60.2 Å². The number of urea groups is 1. The van der Waals surface area contributed by atoms with E-state index in [1.807, 2.05) is 39.0 Å². The average Bonchev–Trinajstić information content (AvgIpc) is 2.82. The fourth-order valence-corrected chi connectivity index (χ4v) is 4.86. The molecule has 0 radical (unpaired) electrons. The molecule has 8 heteroatoms. The lowest BCUT2D eigenvalue weighted by Crippen LogP contribution is -2.54. The third kappa shape index (κ3) is 5.18. The van der Waals surface area contributed by atoms with Crippen molar-refractivity contribution < 1.29 is 23.5 Å². The highest BCUT2D eigenvalue weighted by molar-refractivity contribution is 14.1. The lowest BCUT2D eigenvalue weighted by atomic mass is 10.00. The average molecular weight is 598 g/mol. The number of nitrogens with one attached hydrogen (secondary N) is 1. The number of halogens is 2. The third-order valence-corrected chi connectivity index (χ3v) is 6.94. The van der Waals surface area contributed by atoms with Crippen molar-refractivity contribution in [1.29, 1.82) is 0 Å². The highest BCUT2D eigenvalue weighted by Crippen LogP contribution is 2.31. The molecule has 0 atom stereocenters. The van der Waals surface area contributed by atoms with Crippen molar-refractivity contribution in [1.82, 2.24) is 5.32 Å². The summed E-state index contributed by atoms with van der Waals surface area (Å²) in [5, 5.41) is 2.27. The number of amides is 4. The van der Waals surface area contributed by atoms with E-state index in [0.29, 0.717) is 30.0 Å². The van der Waals surface area contributed by atoms with Crippen molar-refractivity contribution in [2.24, 2.45) is 0 Å². The molecule has 1 saturated heterocycles. The fraction of sp³-hybridized carbons (Fsp3) is 0.179. The van der Waals surface area contributed by atoms with Gasteiger partial charge >= 0.3 is 6.03 Å². The van der Waals surface area contributed by atoms with Gasteiger partial charge in [-0.05, 0) is 102 Å². The number of anilines is 1. The molecule has 1 aliphatic rings. The van der Waals surface area contributed by atoms with E-state index in [1.54, 1.807) is 24.3 Å². The molecule has 0 aromatic heterocycles. The van der Waals surface area contributed by atoms with E-state index in [0.717, 1.165) is 30.7 Å².